The van der Waals surface area contributed by atoms with Crippen LogP contribution < -0.4 is 10.3 Å². The summed E-state index contributed by atoms with van der Waals surface area (Å²) in [7, 11) is 0. The molecule has 0 amide bonds. The number of nitrogens with one attached hydrogen (secondary N) is 1. The molecule has 0 radical (unpaired) electrons. The minimum Gasteiger partial charge on any atom is -0.403 e. The zero-order chi connectivity index (χ0) is 12.5. The van der Waals surface area contributed by atoms with Crippen molar-refractivity contribution in [3.8, 4) is 5.75 Å². The second kappa shape index (κ2) is 4.11. The number of hydrogen-bond donors (Lipinski definition) is 1. The van der Waals surface area contributed by atoms with Crippen molar-refractivity contribution in [2.75, 3.05) is 0 Å². The molecule has 1 aromatic heterocycles. The maximum atomic E-state index is 12.3. The van der Waals surface area contributed by atoms with Gasteiger partial charge in [-0.15, -0.1) is 13.2 Å². The van der Waals surface area contributed by atoms with Gasteiger partial charge in [-0.05, 0) is 12.5 Å². The largest absolute Gasteiger partial charge is 0.573 e. The van der Waals surface area contributed by atoms with Gasteiger partial charge in [0.05, 0.1) is 0 Å². The van der Waals surface area contributed by atoms with Crippen molar-refractivity contribution in [1.82, 2.24) is 4.98 Å². The summed E-state index contributed by atoms with van der Waals surface area (Å²) < 4.78 is 63.8. The third-order valence-electron chi connectivity index (χ3n) is 1.64. The van der Waals surface area contributed by atoms with E-state index in [9.17, 15) is 26.7 Å². The van der Waals surface area contributed by atoms with Crippen LogP contribution in [0.25, 0.3) is 0 Å². The minimum atomic E-state index is -5.09. The van der Waals surface area contributed by atoms with Gasteiger partial charge in [-0.3, -0.25) is 4.79 Å². The summed E-state index contributed by atoms with van der Waals surface area (Å²) in [6.45, 7) is 1.07. The lowest BCUT2D eigenvalue weighted by Gasteiger charge is -2.14. The molecule has 0 aliphatic carbocycles. The normalized spacial score (nSPS) is 11.9. The highest BCUT2D eigenvalue weighted by Gasteiger charge is 2.34. The number of hydrogen-bond acceptors (Lipinski definition) is 2. The van der Waals surface area contributed by atoms with Gasteiger partial charge < -0.3 is 9.72 Å². The first-order valence-electron chi connectivity index (χ1n) is 3.98. The fraction of sp³-hybridized carbons (Fsp3) is 0.375. The van der Waals surface area contributed by atoms with Crippen molar-refractivity contribution in [2.45, 2.75) is 19.7 Å². The van der Waals surface area contributed by atoms with Gasteiger partial charge in [-0.1, -0.05) is 0 Å². The molecule has 1 rings (SSSR count). The minimum absolute atomic E-state index is 0.309. The van der Waals surface area contributed by atoms with Gasteiger partial charge >= 0.3 is 6.36 Å². The van der Waals surface area contributed by atoms with Gasteiger partial charge in [-0.25, -0.2) is 8.78 Å². The highest BCUT2D eigenvalue weighted by Crippen LogP contribution is 2.32. The van der Waals surface area contributed by atoms with Gasteiger partial charge in [0.1, 0.15) is 5.69 Å². The van der Waals surface area contributed by atoms with Crippen LogP contribution in [0.1, 0.15) is 17.7 Å². The number of aromatic amines is 1. The smallest absolute Gasteiger partial charge is 0.403 e. The standard InChI is InChI=1S/C8H6F5NO2/c1-3-2-4(15)14-5(7(9)10)6(3)16-8(11,12)13/h2,7H,1H3,(H,14,15). The molecule has 0 saturated carbocycles. The number of aryl methyl sites for hydroxylation is 1. The van der Waals surface area contributed by atoms with Gasteiger partial charge in [-0.2, -0.15) is 0 Å². The number of pyridine rings is 1. The van der Waals surface area contributed by atoms with E-state index in [0.717, 1.165) is 13.0 Å². The zero-order valence-electron chi connectivity index (χ0n) is 7.86. The summed E-state index contributed by atoms with van der Waals surface area (Å²) in [5, 5.41) is 0. The average molecular weight is 243 g/mol. The fourth-order valence-electron chi connectivity index (χ4n) is 1.11. The number of ether oxygens (including phenoxy) is 1. The Morgan fingerprint density at radius 3 is 2.38 bits per heavy atom. The molecule has 0 bridgehead atoms. The Bertz CT molecular complexity index is 437. The molecule has 1 aromatic rings. The van der Waals surface area contributed by atoms with Crippen LogP contribution in [0.3, 0.4) is 0 Å². The summed E-state index contributed by atoms with van der Waals surface area (Å²) in [6.07, 6.45) is -8.35. The molecule has 16 heavy (non-hydrogen) atoms. The average Bonchev–Trinajstić information content (AvgIpc) is 2.07. The van der Waals surface area contributed by atoms with Gasteiger partial charge in [0, 0.05) is 6.07 Å². The van der Waals surface area contributed by atoms with Crippen LogP contribution in [0.15, 0.2) is 10.9 Å². The van der Waals surface area contributed by atoms with Crippen LogP contribution >= 0.6 is 0 Å². The van der Waals surface area contributed by atoms with Crippen LogP contribution in [0.2, 0.25) is 0 Å². The van der Waals surface area contributed by atoms with E-state index in [2.05, 4.69) is 4.74 Å². The molecule has 3 nitrogen and oxygen atoms in total. The van der Waals surface area contributed by atoms with Crippen LogP contribution in [0.5, 0.6) is 5.75 Å². The Morgan fingerprint density at radius 2 is 1.94 bits per heavy atom. The molecule has 0 aromatic carbocycles. The molecule has 0 aliphatic rings. The Balaban J connectivity index is 3.30. The number of aromatic nitrogens is 1. The van der Waals surface area contributed by atoms with Gasteiger partial charge in [0.25, 0.3) is 6.43 Å². The highest BCUT2D eigenvalue weighted by molar-refractivity contribution is 5.36. The topological polar surface area (TPSA) is 42.1 Å². The lowest BCUT2D eigenvalue weighted by atomic mass is 10.2. The van der Waals surface area contributed by atoms with Crippen molar-refractivity contribution in [1.29, 1.82) is 0 Å². The second-order valence-corrected chi connectivity index (χ2v) is 2.91. The number of rotatable bonds is 2. The van der Waals surface area contributed by atoms with Gasteiger partial charge in [0.2, 0.25) is 5.56 Å². The van der Waals surface area contributed by atoms with E-state index in [0.29, 0.717) is 0 Å². The lowest BCUT2D eigenvalue weighted by Crippen LogP contribution is -2.21. The number of H-pyrrole nitrogens is 1. The van der Waals surface area contributed by atoms with E-state index in [1.54, 1.807) is 4.98 Å². The Morgan fingerprint density at radius 1 is 1.38 bits per heavy atom. The number of alkyl halides is 5. The summed E-state index contributed by atoms with van der Waals surface area (Å²) in [5.74, 6) is -1.07. The maximum absolute atomic E-state index is 12.3. The zero-order valence-corrected chi connectivity index (χ0v) is 7.86. The Hall–Kier alpha value is -1.60. The number of halogens is 5. The predicted octanol–water partition coefficient (Wildman–Crippen LogP) is 2.52. The molecule has 0 atom stereocenters. The van der Waals surface area contributed by atoms with Gasteiger partial charge in [0.15, 0.2) is 5.75 Å². The molecule has 0 unspecified atom stereocenters. The summed E-state index contributed by atoms with van der Waals surface area (Å²) >= 11 is 0. The molecular weight excluding hydrogens is 237 g/mol. The lowest BCUT2D eigenvalue weighted by molar-refractivity contribution is -0.275. The van der Waals surface area contributed by atoms with Crippen LogP contribution in [0.4, 0.5) is 22.0 Å². The van der Waals surface area contributed by atoms with E-state index in [-0.39, 0.29) is 5.56 Å². The van der Waals surface area contributed by atoms with Crippen molar-refractivity contribution in [2.24, 2.45) is 0 Å². The predicted molar refractivity (Wildman–Crippen MR) is 43.4 cm³/mol. The van der Waals surface area contributed by atoms with Crippen molar-refractivity contribution >= 4 is 0 Å². The molecule has 0 spiro atoms. The molecule has 0 aliphatic heterocycles. The molecule has 90 valence electrons. The molecule has 0 saturated heterocycles. The first-order chi connectivity index (χ1) is 7.20. The fourth-order valence-corrected chi connectivity index (χ4v) is 1.11. The summed E-state index contributed by atoms with van der Waals surface area (Å²) in [4.78, 5) is 12.4. The van der Waals surface area contributed by atoms with Crippen molar-refractivity contribution < 1.29 is 26.7 Å². The van der Waals surface area contributed by atoms with Crippen molar-refractivity contribution in [3.63, 3.8) is 0 Å². The second-order valence-electron chi connectivity index (χ2n) is 2.91. The molecule has 0 fully saturated rings. The van der Waals surface area contributed by atoms with Crippen LogP contribution in [-0.4, -0.2) is 11.3 Å². The van der Waals surface area contributed by atoms with E-state index in [1.807, 2.05) is 0 Å². The monoisotopic (exact) mass is 243 g/mol. The van der Waals surface area contributed by atoms with Crippen LogP contribution in [0, 0.1) is 6.92 Å². The van der Waals surface area contributed by atoms with E-state index in [1.165, 1.54) is 0 Å². The third-order valence-corrected chi connectivity index (χ3v) is 1.64. The first kappa shape index (κ1) is 12.5. The summed E-state index contributed by atoms with van der Waals surface area (Å²) in [5.41, 5.74) is -2.40. The molecule has 1 heterocycles. The molecule has 1 N–H and O–H groups in total. The maximum Gasteiger partial charge on any atom is 0.573 e. The van der Waals surface area contributed by atoms with E-state index in [4.69, 9.17) is 0 Å². The van der Waals surface area contributed by atoms with E-state index < -0.39 is 29.8 Å². The first-order valence-corrected chi connectivity index (χ1v) is 3.98. The molecule has 8 heteroatoms. The Kier molecular flexibility index (Phi) is 3.20. The van der Waals surface area contributed by atoms with E-state index >= 15 is 0 Å². The SMILES string of the molecule is Cc1cc(=O)[nH]c(C(F)F)c1OC(F)(F)F. The summed E-state index contributed by atoms with van der Waals surface area (Å²) in [6, 6.07) is 0.743. The molecular formula is C8H6F5NO2. The third kappa shape index (κ3) is 2.94. The quantitative estimate of drug-likeness (QED) is 0.811. The Labute approximate surface area is 85.8 Å². The van der Waals surface area contributed by atoms with Crippen LogP contribution in [-0.2, 0) is 0 Å². The van der Waals surface area contributed by atoms with Crippen molar-refractivity contribution in [3.05, 3.63) is 27.7 Å². The highest BCUT2D eigenvalue weighted by atomic mass is 19.4.